The third kappa shape index (κ3) is 11.8. The van der Waals surface area contributed by atoms with E-state index in [4.69, 9.17) is 16.8 Å². The van der Waals surface area contributed by atoms with Crippen molar-refractivity contribution in [2.45, 2.75) is 72.3 Å². The molecule has 0 amide bonds. The first-order chi connectivity index (χ1) is 11.0. The highest BCUT2D eigenvalue weighted by Crippen LogP contribution is 2.27. The van der Waals surface area contributed by atoms with Crippen molar-refractivity contribution in [1.82, 2.24) is 0 Å². The lowest BCUT2D eigenvalue weighted by Gasteiger charge is -2.39. The Morgan fingerprint density at radius 1 is 0.840 bits per heavy atom. The van der Waals surface area contributed by atoms with E-state index in [1.165, 1.54) is 0 Å². The van der Waals surface area contributed by atoms with E-state index in [1.54, 1.807) is 19.1 Å². The van der Waals surface area contributed by atoms with Crippen molar-refractivity contribution in [3.8, 4) is 0 Å². The van der Waals surface area contributed by atoms with Crippen molar-refractivity contribution in [2.24, 2.45) is 0 Å². The molecule has 0 heterocycles. The second-order valence-electron chi connectivity index (χ2n) is 8.94. The largest absolute Gasteiger partial charge is 0.719 e. The SMILES string of the molecule is C=CCC=C(C)C(=O)O[Si](O[Si](C)(C)C)(O[Si](C)(C)C)O[Si](C)(C)C. The number of hydrogen-bond donors (Lipinski definition) is 0. The van der Waals surface area contributed by atoms with Gasteiger partial charge in [0.1, 0.15) is 0 Å². The van der Waals surface area contributed by atoms with Crippen LogP contribution in [0.4, 0.5) is 0 Å². The second-order valence-corrected chi connectivity index (χ2v) is 25.3. The maximum absolute atomic E-state index is 12.6. The predicted molar refractivity (Wildman–Crippen MR) is 114 cm³/mol. The van der Waals surface area contributed by atoms with Gasteiger partial charge in [-0.2, -0.15) is 0 Å². The first-order valence-electron chi connectivity index (χ1n) is 8.60. The van der Waals surface area contributed by atoms with E-state index in [0.717, 1.165) is 0 Å². The molecule has 0 radical (unpaired) electrons. The molecule has 0 saturated carbocycles. The molecule has 146 valence electrons. The monoisotopic (exact) mass is 420 g/mol. The van der Waals surface area contributed by atoms with Crippen LogP contribution in [0.15, 0.2) is 24.3 Å². The lowest BCUT2D eigenvalue weighted by molar-refractivity contribution is -0.135. The molecule has 9 heteroatoms. The van der Waals surface area contributed by atoms with E-state index in [-0.39, 0.29) is 0 Å². The third-order valence-electron chi connectivity index (χ3n) is 2.42. The molecular weight excluding hydrogens is 385 g/mol. The van der Waals surface area contributed by atoms with Crippen molar-refractivity contribution in [2.75, 3.05) is 0 Å². The van der Waals surface area contributed by atoms with Gasteiger partial charge in [0.15, 0.2) is 25.0 Å². The van der Waals surface area contributed by atoms with Crippen molar-refractivity contribution in [3.63, 3.8) is 0 Å². The van der Waals surface area contributed by atoms with E-state index in [9.17, 15) is 4.79 Å². The van der Waals surface area contributed by atoms with Crippen LogP contribution in [-0.2, 0) is 21.6 Å². The molecule has 0 atom stereocenters. The Morgan fingerprint density at radius 2 is 1.20 bits per heavy atom. The van der Waals surface area contributed by atoms with Crippen LogP contribution >= 0.6 is 0 Å². The van der Waals surface area contributed by atoms with Crippen LogP contribution in [0.1, 0.15) is 13.3 Å². The summed E-state index contributed by atoms with van der Waals surface area (Å²) in [6, 6.07) is 0. The molecule has 0 aromatic heterocycles. The third-order valence-corrected chi connectivity index (χ3v) is 13.2. The van der Waals surface area contributed by atoms with Crippen LogP contribution in [0.25, 0.3) is 0 Å². The van der Waals surface area contributed by atoms with Gasteiger partial charge in [-0.25, -0.2) is 4.79 Å². The molecule has 0 aromatic carbocycles. The second kappa shape index (κ2) is 9.07. The van der Waals surface area contributed by atoms with Gasteiger partial charge < -0.3 is 16.8 Å². The Morgan fingerprint density at radius 3 is 1.48 bits per heavy atom. The lowest BCUT2D eigenvalue weighted by atomic mass is 10.2. The molecule has 0 spiro atoms. The minimum Gasteiger partial charge on any atom is -0.450 e. The van der Waals surface area contributed by atoms with E-state index in [1.807, 2.05) is 58.9 Å². The minimum absolute atomic E-state index is 0.441. The van der Waals surface area contributed by atoms with Gasteiger partial charge in [0.25, 0.3) is 0 Å². The molecule has 0 saturated heterocycles. The summed E-state index contributed by atoms with van der Waals surface area (Å²) in [5.74, 6) is -0.441. The normalized spacial score (nSPS) is 14.4. The highest BCUT2D eigenvalue weighted by molar-refractivity contribution is 6.88. The molecule has 0 aromatic rings. The zero-order valence-corrected chi connectivity index (χ0v) is 21.6. The molecule has 0 aliphatic heterocycles. The number of carbonyl (C=O) groups excluding carboxylic acids is 1. The fraction of sp³-hybridized carbons (Fsp3) is 0.688. The molecule has 0 fully saturated rings. The first kappa shape index (κ1) is 24.7. The molecule has 25 heavy (non-hydrogen) atoms. The van der Waals surface area contributed by atoms with Gasteiger partial charge in [-0.1, -0.05) is 12.2 Å². The predicted octanol–water partition coefficient (Wildman–Crippen LogP) is 5.04. The molecule has 0 unspecified atom stereocenters. The summed E-state index contributed by atoms with van der Waals surface area (Å²) in [6.45, 7) is 23.8. The van der Waals surface area contributed by atoms with Crippen molar-refractivity contribution in [3.05, 3.63) is 24.3 Å². The van der Waals surface area contributed by atoms with Gasteiger partial charge in [0.05, 0.1) is 0 Å². The van der Waals surface area contributed by atoms with E-state index < -0.39 is 40.0 Å². The molecular formula is C16H36O5Si4. The number of rotatable bonds is 10. The van der Waals surface area contributed by atoms with Gasteiger partial charge >= 0.3 is 15.0 Å². The maximum atomic E-state index is 12.6. The Labute approximate surface area is 158 Å². The van der Waals surface area contributed by atoms with Crippen LogP contribution in [-0.4, -0.2) is 40.0 Å². The Kier molecular flexibility index (Phi) is 8.96. The first-order valence-corrected chi connectivity index (χ1v) is 20.5. The summed E-state index contributed by atoms with van der Waals surface area (Å²) in [5.41, 5.74) is 0.509. The fourth-order valence-corrected chi connectivity index (χ4v) is 13.3. The minimum atomic E-state index is -3.60. The van der Waals surface area contributed by atoms with Crippen LogP contribution < -0.4 is 0 Å². The van der Waals surface area contributed by atoms with Crippen molar-refractivity contribution < 1.29 is 21.6 Å². The standard InChI is InChI=1S/C16H36O5Si4/c1-12-13-14-15(2)16(17)18-25(19-22(3,4)5,20-23(6,7)8)21-24(9,10)11/h12,14H,1,13H2,2-11H3. The summed E-state index contributed by atoms with van der Waals surface area (Å²) >= 11 is 0. The van der Waals surface area contributed by atoms with Gasteiger partial charge in [-0.15, -0.1) is 6.58 Å². The highest BCUT2D eigenvalue weighted by Gasteiger charge is 2.57. The smallest absolute Gasteiger partial charge is 0.450 e. The zero-order valence-electron chi connectivity index (χ0n) is 17.6. The molecule has 0 aliphatic carbocycles. The van der Waals surface area contributed by atoms with Crippen LogP contribution in [0.3, 0.4) is 0 Å². The summed E-state index contributed by atoms with van der Waals surface area (Å²) < 4.78 is 24.8. The van der Waals surface area contributed by atoms with E-state index in [2.05, 4.69) is 6.58 Å². The quantitative estimate of drug-likeness (QED) is 0.281. The summed E-state index contributed by atoms with van der Waals surface area (Å²) in [5, 5.41) is 0. The number of hydrogen-bond acceptors (Lipinski definition) is 5. The Bertz CT molecular complexity index is 457. The van der Waals surface area contributed by atoms with Crippen molar-refractivity contribution >= 4 is 40.0 Å². The number of carbonyl (C=O) groups is 1. The topological polar surface area (TPSA) is 54.0 Å². The van der Waals surface area contributed by atoms with E-state index >= 15 is 0 Å². The average molecular weight is 421 g/mol. The average Bonchev–Trinajstić information content (AvgIpc) is 2.28. The van der Waals surface area contributed by atoms with Crippen LogP contribution in [0.5, 0.6) is 0 Å². The molecule has 5 nitrogen and oxygen atoms in total. The molecule has 0 N–H and O–H groups in total. The highest BCUT2D eigenvalue weighted by atomic mass is 28.5. The van der Waals surface area contributed by atoms with Gasteiger partial charge in [-0.05, 0) is 72.3 Å². The van der Waals surface area contributed by atoms with Gasteiger partial charge in [0, 0.05) is 5.57 Å². The van der Waals surface area contributed by atoms with Gasteiger partial charge in [0.2, 0.25) is 0 Å². The van der Waals surface area contributed by atoms with Crippen LogP contribution in [0.2, 0.25) is 58.9 Å². The number of allylic oxidation sites excluding steroid dienone is 2. The summed E-state index contributed by atoms with van der Waals surface area (Å²) in [6.07, 6.45) is 4.12. The van der Waals surface area contributed by atoms with Gasteiger partial charge in [-0.3, -0.25) is 0 Å². The molecule has 0 bridgehead atoms. The fourth-order valence-electron chi connectivity index (χ4n) is 1.79. The zero-order chi connectivity index (χ0) is 20.1. The summed E-state index contributed by atoms with van der Waals surface area (Å²) in [4.78, 5) is 12.6. The van der Waals surface area contributed by atoms with Crippen molar-refractivity contribution in [1.29, 1.82) is 0 Å². The van der Waals surface area contributed by atoms with Crippen LogP contribution in [0, 0.1) is 0 Å². The molecule has 0 rings (SSSR count). The molecule has 0 aliphatic rings. The Hall–Kier alpha value is -0.302. The van der Waals surface area contributed by atoms with E-state index in [0.29, 0.717) is 12.0 Å². The summed E-state index contributed by atoms with van der Waals surface area (Å²) in [7, 11) is -9.83. The Balaban J connectivity index is 5.87. The lowest BCUT2D eigenvalue weighted by Crippen LogP contribution is -2.63. The maximum Gasteiger partial charge on any atom is 0.719 e.